The molecule has 0 aliphatic rings. The molecular weight excluding hydrogens is 334 g/mol. The molecule has 26 heavy (non-hydrogen) atoms. The van der Waals surface area contributed by atoms with Gasteiger partial charge in [-0.15, -0.1) is 0 Å². The van der Waals surface area contributed by atoms with Crippen LogP contribution in [0.2, 0.25) is 0 Å². The van der Waals surface area contributed by atoms with E-state index in [2.05, 4.69) is 10.3 Å². The van der Waals surface area contributed by atoms with Gasteiger partial charge in [-0.25, -0.2) is 4.98 Å². The molecule has 0 aliphatic carbocycles. The van der Waals surface area contributed by atoms with Crippen molar-refractivity contribution in [3.8, 4) is 11.5 Å². The topological polar surface area (TPSA) is 86.5 Å². The lowest BCUT2D eigenvalue weighted by molar-refractivity contribution is -0.383. The molecule has 0 atom stereocenters. The summed E-state index contributed by atoms with van der Waals surface area (Å²) in [5.74, 6) is 1.32. The van der Waals surface area contributed by atoms with Gasteiger partial charge >= 0.3 is 0 Å². The standard InChI is InChI=1S/C19H19N3O4/c1-12-9-15(14-5-4-6-16(22(23)24)19(14)21-12)20-11-13-7-8-17(25-2)18(10-13)26-3/h4-10H,11H2,1-3H3,(H,20,21). The number of ether oxygens (including phenoxy) is 2. The number of benzene rings is 2. The Kier molecular flexibility index (Phi) is 4.88. The summed E-state index contributed by atoms with van der Waals surface area (Å²) in [6.07, 6.45) is 0. The summed E-state index contributed by atoms with van der Waals surface area (Å²) in [6, 6.07) is 12.5. The molecule has 7 heteroatoms. The van der Waals surface area contributed by atoms with E-state index >= 15 is 0 Å². The number of hydrogen-bond acceptors (Lipinski definition) is 6. The molecule has 0 bridgehead atoms. The monoisotopic (exact) mass is 353 g/mol. The van der Waals surface area contributed by atoms with Crippen molar-refractivity contribution in [2.24, 2.45) is 0 Å². The Hall–Kier alpha value is -3.35. The van der Waals surface area contributed by atoms with E-state index in [1.165, 1.54) is 6.07 Å². The predicted molar refractivity (Wildman–Crippen MR) is 100 cm³/mol. The Balaban J connectivity index is 1.94. The molecule has 1 heterocycles. The van der Waals surface area contributed by atoms with Crippen molar-refractivity contribution in [1.82, 2.24) is 4.98 Å². The molecule has 0 amide bonds. The van der Waals surface area contributed by atoms with Crippen LogP contribution in [0.3, 0.4) is 0 Å². The van der Waals surface area contributed by atoms with Gasteiger partial charge in [0.2, 0.25) is 0 Å². The van der Waals surface area contributed by atoms with Gasteiger partial charge in [0.1, 0.15) is 0 Å². The van der Waals surface area contributed by atoms with E-state index in [9.17, 15) is 10.1 Å². The van der Waals surface area contributed by atoms with Crippen LogP contribution in [-0.4, -0.2) is 24.1 Å². The van der Waals surface area contributed by atoms with Gasteiger partial charge in [-0.3, -0.25) is 10.1 Å². The van der Waals surface area contributed by atoms with Crippen molar-refractivity contribution in [2.45, 2.75) is 13.5 Å². The van der Waals surface area contributed by atoms with Crippen LogP contribution < -0.4 is 14.8 Å². The fourth-order valence-electron chi connectivity index (χ4n) is 2.84. The zero-order chi connectivity index (χ0) is 18.7. The first-order valence-corrected chi connectivity index (χ1v) is 8.03. The van der Waals surface area contributed by atoms with Crippen molar-refractivity contribution in [1.29, 1.82) is 0 Å². The van der Waals surface area contributed by atoms with Crippen molar-refractivity contribution in [3.05, 3.63) is 63.8 Å². The third-order valence-electron chi connectivity index (χ3n) is 4.07. The maximum Gasteiger partial charge on any atom is 0.295 e. The first kappa shape index (κ1) is 17.5. The second-order valence-corrected chi connectivity index (χ2v) is 5.78. The van der Waals surface area contributed by atoms with Crippen molar-refractivity contribution in [2.75, 3.05) is 19.5 Å². The molecule has 0 saturated carbocycles. The first-order valence-electron chi connectivity index (χ1n) is 8.03. The number of non-ortho nitro benzene ring substituents is 1. The van der Waals surface area contributed by atoms with Crippen LogP contribution in [-0.2, 0) is 6.54 Å². The van der Waals surface area contributed by atoms with Gasteiger partial charge in [0.15, 0.2) is 17.0 Å². The highest BCUT2D eigenvalue weighted by Gasteiger charge is 2.15. The number of hydrogen-bond donors (Lipinski definition) is 1. The lowest BCUT2D eigenvalue weighted by Gasteiger charge is -2.13. The molecule has 3 aromatic rings. The molecule has 1 N–H and O–H groups in total. The number of nitrogens with zero attached hydrogens (tertiary/aromatic N) is 2. The summed E-state index contributed by atoms with van der Waals surface area (Å²) in [5.41, 5.74) is 2.89. The van der Waals surface area contributed by atoms with E-state index < -0.39 is 4.92 Å². The molecule has 0 aliphatic heterocycles. The van der Waals surface area contributed by atoms with E-state index in [0.717, 1.165) is 11.3 Å². The number of fused-ring (bicyclic) bond motifs is 1. The maximum atomic E-state index is 11.3. The van der Waals surface area contributed by atoms with Gasteiger partial charge in [0, 0.05) is 29.4 Å². The summed E-state index contributed by atoms with van der Waals surface area (Å²) in [7, 11) is 3.18. The minimum atomic E-state index is -0.410. The lowest BCUT2D eigenvalue weighted by Crippen LogP contribution is -2.03. The number of anilines is 1. The number of rotatable bonds is 6. The Morgan fingerprint density at radius 1 is 1.12 bits per heavy atom. The fourth-order valence-corrected chi connectivity index (χ4v) is 2.84. The molecule has 0 spiro atoms. The number of para-hydroxylation sites is 1. The second-order valence-electron chi connectivity index (χ2n) is 5.78. The number of nitro groups is 1. The first-order chi connectivity index (χ1) is 12.5. The van der Waals surface area contributed by atoms with Crippen molar-refractivity contribution in [3.63, 3.8) is 0 Å². The largest absolute Gasteiger partial charge is 0.493 e. The van der Waals surface area contributed by atoms with Gasteiger partial charge in [-0.05, 0) is 30.7 Å². The van der Waals surface area contributed by atoms with Gasteiger partial charge in [-0.2, -0.15) is 0 Å². The van der Waals surface area contributed by atoms with Crippen LogP contribution in [0.25, 0.3) is 10.9 Å². The molecule has 7 nitrogen and oxygen atoms in total. The van der Waals surface area contributed by atoms with Gasteiger partial charge in [-0.1, -0.05) is 18.2 Å². The van der Waals surface area contributed by atoms with Crippen molar-refractivity contribution >= 4 is 22.3 Å². The van der Waals surface area contributed by atoms with E-state index in [4.69, 9.17) is 9.47 Å². The predicted octanol–water partition coefficient (Wildman–Crippen LogP) is 4.08. The van der Waals surface area contributed by atoms with E-state index in [1.807, 2.05) is 37.3 Å². The number of aromatic nitrogens is 1. The lowest BCUT2D eigenvalue weighted by atomic mass is 10.1. The zero-order valence-electron chi connectivity index (χ0n) is 14.8. The molecule has 0 unspecified atom stereocenters. The second kappa shape index (κ2) is 7.26. The molecule has 0 fully saturated rings. The quantitative estimate of drug-likeness (QED) is 0.531. The summed E-state index contributed by atoms with van der Waals surface area (Å²) >= 11 is 0. The third-order valence-corrected chi connectivity index (χ3v) is 4.07. The summed E-state index contributed by atoms with van der Waals surface area (Å²) in [6.45, 7) is 2.35. The Bertz CT molecular complexity index is 972. The number of pyridine rings is 1. The Morgan fingerprint density at radius 2 is 1.88 bits per heavy atom. The fraction of sp³-hybridized carbons (Fsp3) is 0.211. The Morgan fingerprint density at radius 3 is 2.58 bits per heavy atom. The SMILES string of the molecule is COc1ccc(CNc2cc(C)nc3c([N+](=O)[O-])cccc23)cc1OC. The molecule has 2 aromatic carbocycles. The highest BCUT2D eigenvalue weighted by Crippen LogP contribution is 2.31. The average molecular weight is 353 g/mol. The molecule has 0 saturated heterocycles. The molecule has 3 rings (SSSR count). The number of aryl methyl sites for hydroxylation is 1. The Labute approximate surface area is 150 Å². The van der Waals surface area contributed by atoms with Crippen LogP contribution in [0.4, 0.5) is 11.4 Å². The van der Waals surface area contributed by atoms with E-state index in [-0.39, 0.29) is 5.69 Å². The number of nitrogens with one attached hydrogen (secondary N) is 1. The smallest absolute Gasteiger partial charge is 0.295 e. The summed E-state index contributed by atoms with van der Waals surface area (Å²) in [5, 5.41) is 15.3. The van der Waals surface area contributed by atoms with Crippen LogP contribution >= 0.6 is 0 Å². The van der Waals surface area contributed by atoms with E-state index in [1.54, 1.807) is 20.3 Å². The number of nitro benzene ring substituents is 1. The summed E-state index contributed by atoms with van der Waals surface area (Å²) < 4.78 is 10.6. The average Bonchev–Trinajstić information content (AvgIpc) is 2.65. The van der Waals surface area contributed by atoms with Crippen LogP contribution in [0, 0.1) is 17.0 Å². The molecular formula is C19H19N3O4. The zero-order valence-corrected chi connectivity index (χ0v) is 14.8. The normalized spacial score (nSPS) is 10.6. The van der Waals surface area contributed by atoms with Crippen LogP contribution in [0.15, 0.2) is 42.5 Å². The van der Waals surface area contributed by atoms with Gasteiger partial charge < -0.3 is 14.8 Å². The van der Waals surface area contributed by atoms with Crippen molar-refractivity contribution < 1.29 is 14.4 Å². The molecule has 0 radical (unpaired) electrons. The van der Waals surface area contributed by atoms with Crippen LogP contribution in [0.1, 0.15) is 11.3 Å². The molecule has 134 valence electrons. The summed E-state index contributed by atoms with van der Waals surface area (Å²) in [4.78, 5) is 15.2. The van der Waals surface area contributed by atoms with Crippen LogP contribution in [0.5, 0.6) is 11.5 Å². The highest BCUT2D eigenvalue weighted by atomic mass is 16.6. The van der Waals surface area contributed by atoms with Gasteiger partial charge in [0.25, 0.3) is 5.69 Å². The minimum absolute atomic E-state index is 0.000340. The molecule has 1 aromatic heterocycles. The minimum Gasteiger partial charge on any atom is -0.493 e. The maximum absolute atomic E-state index is 11.3. The van der Waals surface area contributed by atoms with Gasteiger partial charge in [0.05, 0.1) is 19.1 Å². The number of methoxy groups -OCH3 is 2. The van der Waals surface area contributed by atoms with E-state index in [0.29, 0.717) is 34.6 Å². The third kappa shape index (κ3) is 3.37. The highest BCUT2D eigenvalue weighted by molar-refractivity contribution is 5.96.